The molecular weight excluding hydrogens is 390 g/mol. The molecule has 0 aromatic heterocycles. The van der Waals surface area contributed by atoms with Gasteiger partial charge in [0.15, 0.2) is 26.8 Å². The van der Waals surface area contributed by atoms with Crippen molar-refractivity contribution in [3.05, 3.63) is 35.9 Å². The fourth-order valence-corrected chi connectivity index (χ4v) is 4.58. The molecule has 2 unspecified atom stereocenters. The maximum absolute atomic E-state index is 12.6. The predicted octanol–water partition coefficient (Wildman–Crippen LogP) is 2.92. The lowest BCUT2D eigenvalue weighted by molar-refractivity contribution is -0.150. The third-order valence-electron chi connectivity index (χ3n) is 5.90. The van der Waals surface area contributed by atoms with E-state index in [-0.39, 0.29) is 17.6 Å². The molecule has 2 aliphatic heterocycles. The number of amides is 1. The first-order valence-corrected chi connectivity index (χ1v) is 12.9. The van der Waals surface area contributed by atoms with Gasteiger partial charge in [-0.1, -0.05) is 51.1 Å². The van der Waals surface area contributed by atoms with Gasteiger partial charge in [-0.2, -0.15) is 0 Å². The monoisotopic (exact) mass is 421 g/mol. The second-order valence-corrected chi connectivity index (χ2v) is 13.9. The van der Waals surface area contributed by atoms with E-state index in [1.807, 2.05) is 30.3 Å². The fraction of sp³-hybridized carbons (Fsp3) is 0.619. The summed E-state index contributed by atoms with van der Waals surface area (Å²) in [6.07, 6.45) is -2.27. The summed E-state index contributed by atoms with van der Waals surface area (Å²) in [6.45, 7) is 12.2. The van der Waals surface area contributed by atoms with Crippen molar-refractivity contribution < 1.29 is 28.2 Å². The van der Waals surface area contributed by atoms with Crippen molar-refractivity contribution in [2.75, 3.05) is 6.61 Å². The van der Waals surface area contributed by atoms with E-state index in [0.29, 0.717) is 0 Å². The van der Waals surface area contributed by atoms with Crippen LogP contribution in [0.3, 0.4) is 0 Å². The van der Waals surface area contributed by atoms with Crippen LogP contribution in [0.15, 0.2) is 30.3 Å². The number of carbonyl (C=O) groups excluding carboxylic acids is 2. The van der Waals surface area contributed by atoms with Crippen LogP contribution < -0.4 is 5.32 Å². The number of nitrogens with one attached hydrogen (secondary N) is 1. The van der Waals surface area contributed by atoms with Crippen LogP contribution in [0.5, 0.6) is 0 Å². The van der Waals surface area contributed by atoms with Gasteiger partial charge >= 0.3 is 5.97 Å². The lowest BCUT2D eigenvalue weighted by atomic mass is 10.0. The van der Waals surface area contributed by atoms with E-state index in [9.17, 15) is 9.59 Å². The van der Waals surface area contributed by atoms with Gasteiger partial charge < -0.3 is 24.0 Å². The molecule has 7 nitrogen and oxygen atoms in total. The normalized spacial score (nSPS) is 30.3. The van der Waals surface area contributed by atoms with Crippen LogP contribution in [0.1, 0.15) is 39.5 Å². The Morgan fingerprint density at radius 2 is 1.86 bits per heavy atom. The molecule has 0 saturated carbocycles. The van der Waals surface area contributed by atoms with Gasteiger partial charge in [-0.25, -0.2) is 4.79 Å². The summed E-state index contributed by atoms with van der Waals surface area (Å²) < 4.78 is 24.1. The van der Waals surface area contributed by atoms with Crippen LogP contribution in [0, 0.1) is 0 Å². The minimum Gasteiger partial charge on any atom is -0.455 e. The van der Waals surface area contributed by atoms with Crippen molar-refractivity contribution in [2.24, 2.45) is 0 Å². The zero-order valence-corrected chi connectivity index (χ0v) is 18.9. The Kier molecular flexibility index (Phi) is 6.19. The molecule has 0 spiro atoms. The summed E-state index contributed by atoms with van der Waals surface area (Å²) in [5.41, 5.74) is 0.902. The van der Waals surface area contributed by atoms with Crippen molar-refractivity contribution in [3.8, 4) is 0 Å². The summed E-state index contributed by atoms with van der Waals surface area (Å²) in [5.74, 6) is -0.803. The molecule has 1 amide bonds. The van der Waals surface area contributed by atoms with Crippen molar-refractivity contribution in [1.29, 1.82) is 0 Å². The lowest BCUT2D eigenvalue weighted by Crippen LogP contribution is -2.55. The molecule has 2 aliphatic rings. The van der Waals surface area contributed by atoms with Gasteiger partial charge in [0.2, 0.25) is 5.91 Å². The Bertz CT molecular complexity index is 747. The Morgan fingerprint density at radius 3 is 2.45 bits per heavy atom. The predicted molar refractivity (Wildman–Crippen MR) is 110 cm³/mol. The van der Waals surface area contributed by atoms with Crippen molar-refractivity contribution in [2.45, 2.75) is 76.5 Å². The maximum atomic E-state index is 12.6. The van der Waals surface area contributed by atoms with E-state index in [1.165, 1.54) is 6.92 Å². The van der Waals surface area contributed by atoms with Crippen LogP contribution in [-0.4, -0.2) is 51.2 Å². The molecule has 1 aromatic rings. The second kappa shape index (κ2) is 8.18. The van der Waals surface area contributed by atoms with E-state index in [4.69, 9.17) is 18.6 Å². The minimum absolute atomic E-state index is 0.0659. The Morgan fingerprint density at radius 1 is 1.21 bits per heavy atom. The Balaban J connectivity index is 1.82. The third kappa shape index (κ3) is 4.71. The number of hydrogen-bond acceptors (Lipinski definition) is 6. The van der Waals surface area contributed by atoms with Crippen LogP contribution in [0.4, 0.5) is 0 Å². The molecule has 1 N–H and O–H groups in total. The highest BCUT2D eigenvalue weighted by Crippen LogP contribution is 2.41. The zero-order valence-electron chi connectivity index (χ0n) is 17.9. The molecule has 2 heterocycles. The first-order chi connectivity index (χ1) is 13.5. The number of esters is 1. The van der Waals surface area contributed by atoms with Gasteiger partial charge in [0.25, 0.3) is 0 Å². The molecule has 5 atom stereocenters. The van der Waals surface area contributed by atoms with E-state index >= 15 is 0 Å². The van der Waals surface area contributed by atoms with Gasteiger partial charge in [0, 0.05) is 12.5 Å². The van der Waals surface area contributed by atoms with Crippen molar-refractivity contribution in [3.63, 3.8) is 0 Å². The Hall–Kier alpha value is -1.74. The lowest BCUT2D eigenvalue weighted by Gasteiger charge is -2.40. The topological polar surface area (TPSA) is 83.1 Å². The highest BCUT2D eigenvalue weighted by Gasteiger charge is 2.55. The Labute approximate surface area is 173 Å². The van der Waals surface area contributed by atoms with Crippen LogP contribution in [0.25, 0.3) is 0 Å². The first kappa shape index (κ1) is 22.0. The number of hydrogen-bond donors (Lipinski definition) is 1. The molecule has 160 valence electrons. The molecule has 0 bridgehead atoms. The molecule has 2 saturated heterocycles. The number of carbonyl (C=O) groups is 2. The number of ether oxygens (including phenoxy) is 3. The quantitative estimate of drug-likeness (QED) is 0.581. The summed E-state index contributed by atoms with van der Waals surface area (Å²) in [4.78, 5) is 24.3. The van der Waals surface area contributed by atoms with Crippen LogP contribution >= 0.6 is 0 Å². The third-order valence-corrected chi connectivity index (χ3v) is 10.4. The highest BCUT2D eigenvalue weighted by molar-refractivity contribution is 6.74. The van der Waals surface area contributed by atoms with Gasteiger partial charge in [0.1, 0.15) is 12.2 Å². The molecular formula is C21H31NO6Si. The summed E-state index contributed by atoms with van der Waals surface area (Å²) in [7, 11) is -2.25. The summed E-state index contributed by atoms with van der Waals surface area (Å²) >= 11 is 0. The van der Waals surface area contributed by atoms with E-state index < -0.39 is 44.9 Å². The summed E-state index contributed by atoms with van der Waals surface area (Å²) in [6, 6.07) is 8.76. The van der Waals surface area contributed by atoms with Crippen LogP contribution in [-0.2, 0) is 28.2 Å². The molecule has 3 rings (SSSR count). The number of rotatable bonds is 5. The number of benzene rings is 1. The van der Waals surface area contributed by atoms with E-state index in [1.54, 1.807) is 0 Å². The first-order valence-electron chi connectivity index (χ1n) is 9.97. The molecule has 0 radical (unpaired) electrons. The molecule has 8 heteroatoms. The van der Waals surface area contributed by atoms with E-state index in [0.717, 1.165) is 5.56 Å². The molecule has 2 fully saturated rings. The highest BCUT2D eigenvalue weighted by atomic mass is 28.4. The largest absolute Gasteiger partial charge is 0.455 e. The minimum atomic E-state index is -2.25. The fourth-order valence-electron chi connectivity index (χ4n) is 3.27. The average molecular weight is 422 g/mol. The maximum Gasteiger partial charge on any atom is 0.331 e. The van der Waals surface area contributed by atoms with E-state index in [2.05, 4.69) is 39.2 Å². The SMILES string of the molecule is CC(=O)N[C@@H]1C(=O)OC([C@H]2COC(c3ccccc3)O2)[C@@H]1O[Si](C)(C)C(C)(C)C. The molecule has 1 aromatic carbocycles. The number of cyclic esters (lactones) is 1. The van der Waals surface area contributed by atoms with Gasteiger partial charge in [-0.05, 0) is 18.1 Å². The van der Waals surface area contributed by atoms with Gasteiger partial charge in [-0.15, -0.1) is 0 Å². The van der Waals surface area contributed by atoms with Crippen molar-refractivity contribution in [1.82, 2.24) is 5.32 Å². The standard InChI is InChI=1S/C21H31NO6Si/c1-13(23)22-16-18(28-29(5,6)21(2,3)4)17(27-19(16)24)15-12-25-20(26-15)14-10-8-7-9-11-14/h7-11,15-18,20H,12H2,1-6H3,(H,22,23)/t15-,16+,17?,18-,20?/m1/s1. The second-order valence-electron chi connectivity index (χ2n) is 9.17. The van der Waals surface area contributed by atoms with Gasteiger partial charge in [0.05, 0.1) is 6.61 Å². The van der Waals surface area contributed by atoms with Crippen LogP contribution in [0.2, 0.25) is 18.1 Å². The zero-order chi connectivity index (χ0) is 21.4. The average Bonchev–Trinajstić information content (AvgIpc) is 3.21. The molecule has 29 heavy (non-hydrogen) atoms. The van der Waals surface area contributed by atoms with Crippen molar-refractivity contribution >= 4 is 20.2 Å². The molecule has 0 aliphatic carbocycles. The smallest absolute Gasteiger partial charge is 0.331 e. The summed E-state index contributed by atoms with van der Waals surface area (Å²) in [5, 5.41) is 2.63. The van der Waals surface area contributed by atoms with Gasteiger partial charge in [-0.3, -0.25) is 4.79 Å².